The highest BCUT2D eigenvalue weighted by Gasteiger charge is 2.45. The summed E-state index contributed by atoms with van der Waals surface area (Å²) < 4.78 is 5.83. The van der Waals surface area contributed by atoms with Gasteiger partial charge in [0, 0.05) is 37.5 Å². The molecule has 1 aliphatic carbocycles. The Hall–Kier alpha value is -4.17. The average Bonchev–Trinajstić information content (AvgIpc) is 3.30. The lowest BCUT2D eigenvalue weighted by Crippen LogP contribution is -2.65. The first-order valence-electron chi connectivity index (χ1n) is 14.6. The maximum Gasteiger partial charge on any atom is 0.408 e. The number of rotatable bonds is 10. The molecule has 0 aromatic heterocycles. The highest BCUT2D eigenvalue weighted by Crippen LogP contribution is 2.44. The molecule has 220 valence electrons. The number of carboxylic acid groups (broad SMARTS) is 1. The monoisotopic (exact) mass is 569 g/mol. The number of piperidine rings is 1. The van der Waals surface area contributed by atoms with Crippen molar-refractivity contribution < 1.29 is 24.2 Å². The van der Waals surface area contributed by atoms with E-state index in [2.05, 4.69) is 51.9 Å². The molecule has 42 heavy (non-hydrogen) atoms. The van der Waals surface area contributed by atoms with E-state index in [0.717, 1.165) is 28.8 Å². The maximum atomic E-state index is 13.8. The van der Waals surface area contributed by atoms with E-state index in [1.807, 2.05) is 42.5 Å². The zero-order valence-electron chi connectivity index (χ0n) is 24.3. The van der Waals surface area contributed by atoms with E-state index in [-0.39, 0.29) is 31.3 Å². The Morgan fingerprint density at radius 2 is 1.48 bits per heavy atom. The van der Waals surface area contributed by atoms with Gasteiger partial charge in [0.25, 0.3) is 0 Å². The number of nitrogens with zero attached hydrogens (tertiary/aromatic N) is 1. The molecule has 8 heteroatoms. The number of carbonyl (C=O) groups excluding carboxylic acids is 2. The number of fused-ring (bicyclic) bond motifs is 3. The lowest BCUT2D eigenvalue weighted by Gasteiger charge is -2.42. The predicted octanol–water partition coefficient (Wildman–Crippen LogP) is 5.32. The van der Waals surface area contributed by atoms with Crippen molar-refractivity contribution in [3.63, 3.8) is 0 Å². The third kappa shape index (κ3) is 6.65. The lowest BCUT2D eigenvalue weighted by molar-refractivity contribution is -0.138. The van der Waals surface area contributed by atoms with Crippen LogP contribution in [0.25, 0.3) is 11.1 Å². The van der Waals surface area contributed by atoms with Gasteiger partial charge in [0.1, 0.15) is 12.1 Å². The fourth-order valence-electron chi connectivity index (χ4n) is 6.08. The molecule has 1 aliphatic heterocycles. The normalized spacial score (nSPS) is 16.2. The topological polar surface area (TPSA) is 108 Å². The molecule has 0 saturated carbocycles. The molecule has 3 aromatic rings. The van der Waals surface area contributed by atoms with Crippen molar-refractivity contribution in [3.05, 3.63) is 95.6 Å². The molecule has 0 atom stereocenters. The Balaban J connectivity index is 1.29. The fraction of sp³-hybridized carbons (Fsp3) is 0.382. The smallest absolute Gasteiger partial charge is 0.408 e. The SMILES string of the molecule is CC(C)(CCC(=O)O)NC(=O)C1(NC(=O)OCC2c3ccccc3-c3ccccc32)CCN(Cc2ccccc2)CC1. The van der Waals surface area contributed by atoms with Crippen LogP contribution in [-0.2, 0) is 20.9 Å². The second-order valence-electron chi connectivity index (χ2n) is 12.0. The highest BCUT2D eigenvalue weighted by molar-refractivity contribution is 5.90. The molecule has 2 aliphatic rings. The van der Waals surface area contributed by atoms with Crippen molar-refractivity contribution in [1.29, 1.82) is 0 Å². The van der Waals surface area contributed by atoms with Crippen LogP contribution < -0.4 is 10.6 Å². The van der Waals surface area contributed by atoms with Crippen molar-refractivity contribution in [2.24, 2.45) is 0 Å². The largest absolute Gasteiger partial charge is 0.481 e. The third-order valence-electron chi connectivity index (χ3n) is 8.49. The summed E-state index contributed by atoms with van der Waals surface area (Å²) in [7, 11) is 0. The summed E-state index contributed by atoms with van der Waals surface area (Å²) in [5, 5.41) is 15.1. The summed E-state index contributed by atoms with van der Waals surface area (Å²) in [5.41, 5.74) is 3.79. The number of carbonyl (C=O) groups is 3. The van der Waals surface area contributed by atoms with Crippen LogP contribution in [0.1, 0.15) is 62.1 Å². The van der Waals surface area contributed by atoms with Crippen LogP contribution in [0.4, 0.5) is 4.79 Å². The Kier molecular flexibility index (Phi) is 8.64. The van der Waals surface area contributed by atoms with Gasteiger partial charge in [-0.05, 0) is 60.9 Å². The van der Waals surface area contributed by atoms with Crippen LogP contribution in [0.3, 0.4) is 0 Å². The van der Waals surface area contributed by atoms with Crippen LogP contribution in [-0.4, -0.2) is 58.8 Å². The summed E-state index contributed by atoms with van der Waals surface area (Å²) in [6, 6.07) is 26.5. The van der Waals surface area contributed by atoms with E-state index >= 15 is 0 Å². The molecule has 2 amide bonds. The number of carboxylic acids is 1. The number of ether oxygens (including phenoxy) is 1. The van der Waals surface area contributed by atoms with Crippen molar-refractivity contribution in [2.45, 2.75) is 63.1 Å². The zero-order chi connectivity index (χ0) is 29.7. The minimum Gasteiger partial charge on any atom is -0.481 e. The van der Waals surface area contributed by atoms with Gasteiger partial charge in [-0.15, -0.1) is 0 Å². The van der Waals surface area contributed by atoms with Crippen LogP contribution in [0.5, 0.6) is 0 Å². The Labute approximate surface area is 247 Å². The first kappa shape index (κ1) is 29.3. The summed E-state index contributed by atoms with van der Waals surface area (Å²) in [5.74, 6) is -1.32. The maximum absolute atomic E-state index is 13.8. The number of hydrogen-bond acceptors (Lipinski definition) is 5. The van der Waals surface area contributed by atoms with Crippen LogP contribution in [0.15, 0.2) is 78.9 Å². The van der Waals surface area contributed by atoms with Crippen molar-refractivity contribution in [2.75, 3.05) is 19.7 Å². The molecule has 0 unspecified atom stereocenters. The van der Waals surface area contributed by atoms with Gasteiger partial charge in [0.05, 0.1) is 0 Å². The average molecular weight is 570 g/mol. The number of alkyl carbamates (subject to hydrolysis) is 1. The Morgan fingerprint density at radius 1 is 0.905 bits per heavy atom. The molecule has 0 bridgehead atoms. The van der Waals surface area contributed by atoms with Crippen LogP contribution in [0, 0.1) is 0 Å². The summed E-state index contributed by atoms with van der Waals surface area (Å²) >= 11 is 0. The number of nitrogens with one attached hydrogen (secondary N) is 2. The molecule has 1 saturated heterocycles. The van der Waals surface area contributed by atoms with Crippen molar-refractivity contribution >= 4 is 18.0 Å². The van der Waals surface area contributed by atoms with Gasteiger partial charge in [0.2, 0.25) is 5.91 Å². The minimum absolute atomic E-state index is 0.0645. The Bertz CT molecular complexity index is 1380. The molecule has 0 radical (unpaired) electrons. The van der Waals surface area contributed by atoms with Crippen LogP contribution >= 0.6 is 0 Å². The summed E-state index contributed by atoms with van der Waals surface area (Å²) in [6.45, 7) is 5.75. The Morgan fingerprint density at radius 3 is 2.07 bits per heavy atom. The quantitative estimate of drug-likeness (QED) is 0.305. The van der Waals surface area contributed by atoms with E-state index in [0.29, 0.717) is 25.9 Å². The second-order valence-corrected chi connectivity index (χ2v) is 12.0. The number of hydrogen-bond donors (Lipinski definition) is 3. The standard InChI is InChI=1S/C34H39N3O5/c1-33(2,17-16-30(38)39)35-31(40)34(18-20-37(21-19-34)22-24-10-4-3-5-11-24)36-32(41)42-23-29-27-14-8-6-12-25(27)26-13-7-9-15-28(26)29/h3-15,29H,16-23H2,1-2H3,(H,35,40)(H,36,41)(H,38,39). The second kappa shape index (κ2) is 12.4. The molecular formula is C34H39N3O5. The minimum atomic E-state index is -1.17. The van der Waals surface area contributed by atoms with E-state index in [4.69, 9.17) is 9.84 Å². The van der Waals surface area contributed by atoms with E-state index in [1.165, 1.54) is 5.56 Å². The molecule has 1 heterocycles. The molecular weight excluding hydrogens is 530 g/mol. The lowest BCUT2D eigenvalue weighted by atomic mass is 9.85. The number of aliphatic carboxylic acids is 1. The van der Waals surface area contributed by atoms with E-state index in [1.54, 1.807) is 13.8 Å². The van der Waals surface area contributed by atoms with Gasteiger partial charge in [-0.1, -0.05) is 78.9 Å². The molecule has 0 spiro atoms. The van der Waals surface area contributed by atoms with Gasteiger partial charge >= 0.3 is 12.1 Å². The fourth-order valence-corrected chi connectivity index (χ4v) is 6.08. The predicted molar refractivity (Wildman–Crippen MR) is 161 cm³/mol. The van der Waals surface area contributed by atoms with Crippen molar-refractivity contribution in [3.8, 4) is 11.1 Å². The van der Waals surface area contributed by atoms with Gasteiger partial charge in [0.15, 0.2) is 0 Å². The van der Waals surface area contributed by atoms with Gasteiger partial charge in [-0.2, -0.15) is 0 Å². The number of benzene rings is 3. The molecule has 1 fully saturated rings. The molecule has 8 nitrogen and oxygen atoms in total. The number of likely N-dealkylation sites (tertiary alicyclic amines) is 1. The van der Waals surface area contributed by atoms with E-state index < -0.39 is 23.1 Å². The third-order valence-corrected chi connectivity index (χ3v) is 8.49. The molecule has 3 N–H and O–H groups in total. The highest BCUT2D eigenvalue weighted by atomic mass is 16.5. The van der Waals surface area contributed by atoms with Crippen LogP contribution in [0.2, 0.25) is 0 Å². The van der Waals surface area contributed by atoms with Gasteiger partial charge in [-0.25, -0.2) is 4.79 Å². The van der Waals surface area contributed by atoms with Crippen molar-refractivity contribution in [1.82, 2.24) is 15.5 Å². The first-order valence-corrected chi connectivity index (χ1v) is 14.6. The summed E-state index contributed by atoms with van der Waals surface area (Å²) in [4.78, 5) is 40.6. The molecule has 3 aromatic carbocycles. The first-order chi connectivity index (χ1) is 20.2. The molecule has 5 rings (SSSR count). The van der Waals surface area contributed by atoms with E-state index in [9.17, 15) is 14.4 Å². The summed E-state index contributed by atoms with van der Waals surface area (Å²) in [6.07, 6.45) is 0.391. The zero-order valence-corrected chi connectivity index (χ0v) is 24.3. The number of amides is 2. The van der Waals surface area contributed by atoms with Gasteiger partial charge < -0.3 is 20.5 Å². The van der Waals surface area contributed by atoms with Gasteiger partial charge in [-0.3, -0.25) is 14.5 Å².